The molecule has 4 heteroatoms. The molecule has 0 aromatic heterocycles. The molecular formula is C21H29NO3. The molecule has 3 aliphatic rings. The Morgan fingerprint density at radius 2 is 2.12 bits per heavy atom. The lowest BCUT2D eigenvalue weighted by Gasteiger charge is -2.27. The van der Waals surface area contributed by atoms with Crippen LogP contribution in [0.4, 0.5) is 0 Å². The highest BCUT2D eigenvalue weighted by Gasteiger charge is 2.47. The van der Waals surface area contributed by atoms with Gasteiger partial charge in [-0.15, -0.1) is 0 Å². The second kappa shape index (κ2) is 7.46. The van der Waals surface area contributed by atoms with Crippen molar-refractivity contribution in [2.24, 2.45) is 5.92 Å². The van der Waals surface area contributed by atoms with Crippen molar-refractivity contribution in [1.29, 1.82) is 0 Å². The Hall–Kier alpha value is -1.39. The van der Waals surface area contributed by atoms with E-state index in [9.17, 15) is 4.79 Å². The van der Waals surface area contributed by atoms with E-state index in [-0.39, 0.29) is 17.6 Å². The lowest BCUT2D eigenvalue weighted by atomic mass is 9.86. The zero-order valence-corrected chi connectivity index (χ0v) is 15.0. The lowest BCUT2D eigenvalue weighted by Crippen LogP contribution is -2.36. The van der Waals surface area contributed by atoms with Crippen molar-refractivity contribution in [3.05, 3.63) is 35.9 Å². The first-order valence-corrected chi connectivity index (χ1v) is 9.80. The summed E-state index contributed by atoms with van der Waals surface area (Å²) in [6.07, 6.45) is 7.53. The number of likely N-dealkylation sites (tertiary alicyclic amines) is 1. The standard InChI is InChI=1S/C21H29NO3/c23-20(10-9-17-5-2-1-3-6-17)22-12-11-21(16-22)13-19(15-25-21)24-14-18-7-4-8-18/h1-3,5-6,18-19H,4,7-16H2/t19-,21+/m0/s1. The van der Waals surface area contributed by atoms with Gasteiger partial charge in [0.1, 0.15) is 0 Å². The summed E-state index contributed by atoms with van der Waals surface area (Å²) in [6.45, 7) is 3.15. The quantitative estimate of drug-likeness (QED) is 0.796. The van der Waals surface area contributed by atoms with E-state index in [0.29, 0.717) is 13.0 Å². The number of nitrogens with zero attached hydrogens (tertiary/aromatic N) is 1. The van der Waals surface area contributed by atoms with Crippen molar-refractivity contribution in [2.45, 2.75) is 56.7 Å². The van der Waals surface area contributed by atoms with E-state index in [1.807, 2.05) is 23.1 Å². The predicted molar refractivity (Wildman–Crippen MR) is 96.3 cm³/mol. The molecule has 1 amide bonds. The summed E-state index contributed by atoms with van der Waals surface area (Å²) in [4.78, 5) is 14.5. The second-order valence-corrected chi connectivity index (χ2v) is 8.00. The first-order chi connectivity index (χ1) is 12.2. The molecule has 0 N–H and O–H groups in total. The number of amides is 1. The number of aryl methyl sites for hydroxylation is 1. The molecule has 1 aromatic carbocycles. The maximum atomic E-state index is 12.5. The highest BCUT2D eigenvalue weighted by Crippen LogP contribution is 2.37. The largest absolute Gasteiger partial charge is 0.375 e. The number of hydrogen-bond donors (Lipinski definition) is 0. The number of ether oxygens (including phenoxy) is 2. The highest BCUT2D eigenvalue weighted by atomic mass is 16.6. The minimum absolute atomic E-state index is 0.146. The Kier molecular flexibility index (Phi) is 5.09. The smallest absolute Gasteiger partial charge is 0.223 e. The Morgan fingerprint density at radius 3 is 2.88 bits per heavy atom. The van der Waals surface area contributed by atoms with Gasteiger partial charge in [0, 0.05) is 32.5 Å². The van der Waals surface area contributed by atoms with E-state index < -0.39 is 0 Å². The van der Waals surface area contributed by atoms with Crippen molar-refractivity contribution < 1.29 is 14.3 Å². The van der Waals surface area contributed by atoms with Gasteiger partial charge < -0.3 is 14.4 Å². The number of carbonyl (C=O) groups is 1. The van der Waals surface area contributed by atoms with Crippen LogP contribution < -0.4 is 0 Å². The van der Waals surface area contributed by atoms with Gasteiger partial charge in [-0.1, -0.05) is 36.8 Å². The molecular weight excluding hydrogens is 314 g/mol. The van der Waals surface area contributed by atoms with Gasteiger partial charge >= 0.3 is 0 Å². The van der Waals surface area contributed by atoms with Crippen LogP contribution in [-0.2, 0) is 20.7 Å². The molecule has 0 unspecified atom stereocenters. The molecule has 2 saturated heterocycles. The Balaban J connectivity index is 1.22. The number of hydrogen-bond acceptors (Lipinski definition) is 3. The molecule has 1 aromatic rings. The monoisotopic (exact) mass is 343 g/mol. The summed E-state index contributed by atoms with van der Waals surface area (Å²) in [6, 6.07) is 10.2. The van der Waals surface area contributed by atoms with E-state index in [1.54, 1.807) is 0 Å². The zero-order valence-electron chi connectivity index (χ0n) is 15.0. The summed E-state index contributed by atoms with van der Waals surface area (Å²) < 4.78 is 12.2. The summed E-state index contributed by atoms with van der Waals surface area (Å²) in [5, 5.41) is 0. The number of benzene rings is 1. The fraction of sp³-hybridized carbons (Fsp3) is 0.667. The fourth-order valence-electron chi connectivity index (χ4n) is 4.24. The van der Waals surface area contributed by atoms with Crippen LogP contribution in [-0.4, -0.2) is 48.8 Å². The molecule has 25 heavy (non-hydrogen) atoms. The van der Waals surface area contributed by atoms with Crippen LogP contribution in [0.25, 0.3) is 0 Å². The van der Waals surface area contributed by atoms with Gasteiger partial charge in [-0.05, 0) is 37.2 Å². The van der Waals surface area contributed by atoms with Gasteiger partial charge in [0.25, 0.3) is 0 Å². The first kappa shape index (κ1) is 17.0. The minimum atomic E-state index is -0.146. The molecule has 0 radical (unpaired) electrons. The molecule has 1 spiro atoms. The van der Waals surface area contributed by atoms with Gasteiger partial charge in [0.15, 0.2) is 0 Å². The number of carbonyl (C=O) groups excluding carboxylic acids is 1. The third-order valence-electron chi connectivity index (χ3n) is 6.11. The van der Waals surface area contributed by atoms with Crippen molar-refractivity contribution in [3.63, 3.8) is 0 Å². The summed E-state index contributed by atoms with van der Waals surface area (Å²) in [7, 11) is 0. The molecule has 2 heterocycles. The molecule has 4 rings (SSSR count). The molecule has 1 aliphatic carbocycles. The average Bonchev–Trinajstić information content (AvgIpc) is 3.19. The molecule has 2 atom stereocenters. The number of rotatable bonds is 6. The molecule has 3 fully saturated rings. The van der Waals surface area contributed by atoms with Gasteiger partial charge in [-0.3, -0.25) is 4.79 Å². The average molecular weight is 343 g/mol. The topological polar surface area (TPSA) is 38.8 Å². The van der Waals surface area contributed by atoms with E-state index in [0.717, 1.165) is 44.9 Å². The van der Waals surface area contributed by atoms with Gasteiger partial charge in [0.2, 0.25) is 5.91 Å². The third-order valence-corrected chi connectivity index (χ3v) is 6.11. The normalized spacial score (nSPS) is 29.3. The van der Waals surface area contributed by atoms with Crippen LogP contribution in [0.5, 0.6) is 0 Å². The fourth-order valence-corrected chi connectivity index (χ4v) is 4.24. The second-order valence-electron chi connectivity index (χ2n) is 8.00. The van der Waals surface area contributed by atoms with Crippen LogP contribution in [0.2, 0.25) is 0 Å². The molecule has 0 bridgehead atoms. The molecule has 136 valence electrons. The van der Waals surface area contributed by atoms with Crippen LogP contribution in [0.3, 0.4) is 0 Å². The maximum Gasteiger partial charge on any atom is 0.223 e. The van der Waals surface area contributed by atoms with E-state index >= 15 is 0 Å². The Morgan fingerprint density at radius 1 is 1.28 bits per heavy atom. The van der Waals surface area contributed by atoms with Crippen molar-refractivity contribution >= 4 is 5.91 Å². The van der Waals surface area contributed by atoms with Crippen LogP contribution in [0, 0.1) is 5.92 Å². The van der Waals surface area contributed by atoms with Gasteiger partial charge in [0.05, 0.1) is 18.3 Å². The van der Waals surface area contributed by atoms with Crippen LogP contribution in [0.15, 0.2) is 30.3 Å². The summed E-state index contributed by atoms with van der Waals surface area (Å²) in [5.41, 5.74) is 1.08. The summed E-state index contributed by atoms with van der Waals surface area (Å²) >= 11 is 0. The van der Waals surface area contributed by atoms with Gasteiger partial charge in [-0.25, -0.2) is 0 Å². The van der Waals surface area contributed by atoms with E-state index in [2.05, 4.69) is 12.1 Å². The predicted octanol–water partition coefficient (Wildman–Crippen LogP) is 3.20. The van der Waals surface area contributed by atoms with E-state index in [4.69, 9.17) is 9.47 Å². The van der Waals surface area contributed by atoms with Crippen molar-refractivity contribution in [1.82, 2.24) is 4.90 Å². The Bertz CT molecular complexity index is 586. The Labute approximate surface area is 150 Å². The SMILES string of the molecule is O=C(CCc1ccccc1)N1CC[C@@]2(C[C@H](OCC3CCC3)CO2)C1. The van der Waals surface area contributed by atoms with Crippen molar-refractivity contribution in [2.75, 3.05) is 26.3 Å². The molecule has 2 aliphatic heterocycles. The van der Waals surface area contributed by atoms with Gasteiger partial charge in [-0.2, -0.15) is 0 Å². The van der Waals surface area contributed by atoms with Crippen molar-refractivity contribution in [3.8, 4) is 0 Å². The summed E-state index contributed by atoms with van der Waals surface area (Å²) in [5.74, 6) is 1.03. The van der Waals surface area contributed by atoms with Crippen LogP contribution in [0.1, 0.15) is 44.1 Å². The third kappa shape index (κ3) is 4.06. The van der Waals surface area contributed by atoms with Crippen LogP contribution >= 0.6 is 0 Å². The first-order valence-electron chi connectivity index (χ1n) is 9.80. The zero-order chi connectivity index (χ0) is 17.1. The minimum Gasteiger partial charge on any atom is -0.375 e. The molecule has 4 nitrogen and oxygen atoms in total. The molecule has 1 saturated carbocycles. The van der Waals surface area contributed by atoms with E-state index in [1.165, 1.54) is 24.8 Å². The highest BCUT2D eigenvalue weighted by molar-refractivity contribution is 5.77. The lowest BCUT2D eigenvalue weighted by molar-refractivity contribution is -0.131. The maximum absolute atomic E-state index is 12.5.